The minimum absolute atomic E-state index is 0.266. The van der Waals surface area contributed by atoms with Gasteiger partial charge in [0.1, 0.15) is 0 Å². The summed E-state index contributed by atoms with van der Waals surface area (Å²) in [5.41, 5.74) is 2.80. The highest BCUT2D eigenvalue weighted by atomic mass is 14.6. The molecule has 0 aliphatic rings. The van der Waals surface area contributed by atoms with Crippen molar-refractivity contribution in [1.29, 1.82) is 0 Å². The van der Waals surface area contributed by atoms with Crippen LogP contribution in [0.15, 0.2) is 36.5 Å². The van der Waals surface area contributed by atoms with Gasteiger partial charge in [0.25, 0.3) is 0 Å². The summed E-state index contributed by atoms with van der Waals surface area (Å²) in [6.07, 6.45) is 4.26. The van der Waals surface area contributed by atoms with Crippen molar-refractivity contribution in [3.05, 3.63) is 42.1 Å². The van der Waals surface area contributed by atoms with Crippen LogP contribution in [-0.2, 0) is 5.41 Å². The number of fused-ring (bicyclic) bond motifs is 1. The lowest BCUT2D eigenvalue weighted by atomic mass is 9.76. The number of para-hydroxylation sites is 1. The molecule has 0 fully saturated rings. The van der Waals surface area contributed by atoms with Gasteiger partial charge in [0.15, 0.2) is 0 Å². The topological polar surface area (TPSA) is 12.9 Å². The number of hydrogen-bond acceptors (Lipinski definition) is 1. The quantitative estimate of drug-likeness (QED) is 0.740. The Morgan fingerprint density at radius 1 is 1.06 bits per heavy atom. The summed E-state index contributed by atoms with van der Waals surface area (Å²) in [6.45, 7) is 6.87. The average molecular weight is 213 g/mol. The SMILES string of the molecule is CCC(C)(CC)c1ccnc2ccccc12. The van der Waals surface area contributed by atoms with Crippen molar-refractivity contribution in [2.75, 3.05) is 0 Å². The van der Waals surface area contributed by atoms with Crippen LogP contribution in [0, 0.1) is 0 Å². The molecule has 0 spiro atoms. The van der Waals surface area contributed by atoms with E-state index < -0.39 is 0 Å². The molecule has 0 aliphatic carbocycles. The molecule has 0 unspecified atom stereocenters. The molecule has 0 atom stereocenters. The number of hydrogen-bond donors (Lipinski definition) is 0. The van der Waals surface area contributed by atoms with E-state index in [1.807, 2.05) is 12.3 Å². The molecular formula is C15H19N. The first-order valence-corrected chi connectivity index (χ1v) is 6.05. The number of aromatic nitrogens is 1. The highest BCUT2D eigenvalue weighted by Gasteiger charge is 2.24. The fourth-order valence-corrected chi connectivity index (χ4v) is 2.25. The molecule has 2 aromatic rings. The first-order chi connectivity index (χ1) is 7.71. The van der Waals surface area contributed by atoms with Gasteiger partial charge in [-0.1, -0.05) is 39.0 Å². The summed E-state index contributed by atoms with van der Waals surface area (Å²) in [4.78, 5) is 4.42. The lowest BCUT2D eigenvalue weighted by molar-refractivity contribution is 0.442. The van der Waals surface area contributed by atoms with Gasteiger partial charge in [0.05, 0.1) is 5.52 Å². The zero-order chi connectivity index (χ0) is 11.6. The number of benzene rings is 1. The van der Waals surface area contributed by atoms with Crippen LogP contribution in [0.2, 0.25) is 0 Å². The predicted molar refractivity (Wildman–Crippen MR) is 69.7 cm³/mol. The Hall–Kier alpha value is -1.37. The van der Waals surface area contributed by atoms with Gasteiger partial charge >= 0.3 is 0 Å². The van der Waals surface area contributed by atoms with Crippen LogP contribution >= 0.6 is 0 Å². The fourth-order valence-electron chi connectivity index (χ4n) is 2.25. The summed E-state index contributed by atoms with van der Waals surface area (Å²) in [6, 6.07) is 10.6. The molecule has 0 saturated heterocycles. The molecule has 1 heteroatoms. The Morgan fingerprint density at radius 3 is 2.44 bits per heavy atom. The van der Waals surface area contributed by atoms with Crippen molar-refractivity contribution in [1.82, 2.24) is 4.98 Å². The first-order valence-electron chi connectivity index (χ1n) is 6.05. The minimum Gasteiger partial charge on any atom is -0.256 e. The molecular weight excluding hydrogens is 194 g/mol. The predicted octanol–water partition coefficient (Wildman–Crippen LogP) is 4.31. The number of rotatable bonds is 3. The third-order valence-corrected chi connectivity index (χ3v) is 3.86. The molecule has 0 aliphatic heterocycles. The molecule has 0 radical (unpaired) electrons. The van der Waals surface area contributed by atoms with Crippen molar-refractivity contribution < 1.29 is 0 Å². The highest BCUT2D eigenvalue weighted by molar-refractivity contribution is 5.82. The monoisotopic (exact) mass is 213 g/mol. The van der Waals surface area contributed by atoms with Gasteiger partial charge in [-0.3, -0.25) is 4.98 Å². The van der Waals surface area contributed by atoms with Crippen molar-refractivity contribution in [3.63, 3.8) is 0 Å². The van der Waals surface area contributed by atoms with Crippen LogP contribution in [0.5, 0.6) is 0 Å². The average Bonchev–Trinajstić information content (AvgIpc) is 2.37. The van der Waals surface area contributed by atoms with E-state index in [0.717, 1.165) is 18.4 Å². The molecule has 1 aromatic carbocycles. The summed E-state index contributed by atoms with van der Waals surface area (Å²) < 4.78 is 0. The molecule has 1 aromatic heterocycles. The van der Waals surface area contributed by atoms with E-state index in [1.54, 1.807) is 0 Å². The fraction of sp³-hybridized carbons (Fsp3) is 0.400. The van der Waals surface area contributed by atoms with Gasteiger partial charge in [-0.25, -0.2) is 0 Å². The third kappa shape index (κ3) is 1.71. The van der Waals surface area contributed by atoms with E-state index in [-0.39, 0.29) is 5.41 Å². The van der Waals surface area contributed by atoms with E-state index in [2.05, 4.69) is 50.0 Å². The third-order valence-electron chi connectivity index (χ3n) is 3.86. The van der Waals surface area contributed by atoms with Gasteiger partial charge in [-0.05, 0) is 36.0 Å². The summed E-state index contributed by atoms with van der Waals surface area (Å²) in [5.74, 6) is 0. The zero-order valence-corrected chi connectivity index (χ0v) is 10.3. The van der Waals surface area contributed by atoms with Crippen LogP contribution in [-0.4, -0.2) is 4.98 Å². The van der Waals surface area contributed by atoms with Crippen molar-refractivity contribution in [3.8, 4) is 0 Å². The van der Waals surface area contributed by atoms with E-state index in [9.17, 15) is 0 Å². The van der Waals surface area contributed by atoms with Gasteiger partial charge in [0, 0.05) is 11.6 Å². The van der Waals surface area contributed by atoms with Crippen molar-refractivity contribution >= 4 is 10.9 Å². The Balaban J connectivity index is 2.69. The van der Waals surface area contributed by atoms with E-state index in [4.69, 9.17) is 0 Å². The lowest BCUT2D eigenvalue weighted by Crippen LogP contribution is -2.19. The lowest BCUT2D eigenvalue weighted by Gasteiger charge is -2.28. The Kier molecular flexibility index (Phi) is 2.95. The van der Waals surface area contributed by atoms with E-state index in [0.29, 0.717) is 0 Å². The van der Waals surface area contributed by atoms with Crippen LogP contribution < -0.4 is 0 Å². The first kappa shape index (κ1) is 11.1. The largest absolute Gasteiger partial charge is 0.256 e. The van der Waals surface area contributed by atoms with Gasteiger partial charge < -0.3 is 0 Å². The minimum atomic E-state index is 0.266. The molecule has 16 heavy (non-hydrogen) atoms. The van der Waals surface area contributed by atoms with Gasteiger partial charge in [0.2, 0.25) is 0 Å². The van der Waals surface area contributed by atoms with Gasteiger partial charge in [-0.2, -0.15) is 0 Å². The maximum Gasteiger partial charge on any atom is 0.0704 e. The molecule has 84 valence electrons. The normalized spacial score (nSPS) is 11.9. The number of nitrogens with zero attached hydrogens (tertiary/aromatic N) is 1. The second-order valence-corrected chi connectivity index (χ2v) is 4.64. The Labute approximate surface area is 97.5 Å². The van der Waals surface area contributed by atoms with Crippen LogP contribution in [0.1, 0.15) is 39.2 Å². The standard InChI is InChI=1S/C15H19N/c1-4-15(3,5-2)13-10-11-16-14-9-7-6-8-12(13)14/h6-11H,4-5H2,1-3H3. The van der Waals surface area contributed by atoms with E-state index >= 15 is 0 Å². The molecule has 0 saturated carbocycles. The summed E-state index contributed by atoms with van der Waals surface area (Å²) >= 11 is 0. The van der Waals surface area contributed by atoms with Gasteiger partial charge in [-0.15, -0.1) is 0 Å². The zero-order valence-electron chi connectivity index (χ0n) is 10.3. The number of pyridine rings is 1. The second kappa shape index (κ2) is 4.25. The molecule has 0 bridgehead atoms. The molecule has 1 heterocycles. The highest BCUT2D eigenvalue weighted by Crippen LogP contribution is 2.34. The van der Waals surface area contributed by atoms with Crippen LogP contribution in [0.25, 0.3) is 10.9 Å². The molecule has 1 nitrogen and oxygen atoms in total. The summed E-state index contributed by atoms with van der Waals surface area (Å²) in [7, 11) is 0. The smallest absolute Gasteiger partial charge is 0.0704 e. The van der Waals surface area contributed by atoms with Crippen LogP contribution in [0.4, 0.5) is 0 Å². The molecule has 0 amide bonds. The Morgan fingerprint density at radius 2 is 1.75 bits per heavy atom. The Bertz CT molecular complexity index is 478. The second-order valence-electron chi connectivity index (χ2n) is 4.64. The maximum absolute atomic E-state index is 4.42. The summed E-state index contributed by atoms with van der Waals surface area (Å²) in [5, 5.41) is 1.30. The maximum atomic E-state index is 4.42. The van der Waals surface area contributed by atoms with Crippen molar-refractivity contribution in [2.24, 2.45) is 0 Å². The molecule has 2 rings (SSSR count). The van der Waals surface area contributed by atoms with E-state index in [1.165, 1.54) is 10.9 Å². The van der Waals surface area contributed by atoms with Crippen LogP contribution in [0.3, 0.4) is 0 Å². The molecule has 0 N–H and O–H groups in total. The van der Waals surface area contributed by atoms with Crippen molar-refractivity contribution in [2.45, 2.75) is 39.0 Å².